The Bertz CT molecular complexity index is 1760. The van der Waals surface area contributed by atoms with E-state index >= 15 is 0 Å². The van der Waals surface area contributed by atoms with Gasteiger partial charge in [0, 0.05) is 0 Å². The quantitative estimate of drug-likeness (QED) is 0.105. The molecule has 6 aliphatic heterocycles. The lowest BCUT2D eigenvalue weighted by Crippen LogP contribution is -2.50. The van der Waals surface area contributed by atoms with Crippen molar-refractivity contribution in [2.45, 2.75) is 60.6 Å². The molecule has 0 aliphatic carbocycles. The number of aliphatic hydroxyl groups excluding tert-OH is 2. The summed E-state index contributed by atoms with van der Waals surface area (Å²) in [6.45, 7) is -1.71. The van der Waals surface area contributed by atoms with Gasteiger partial charge in [0.1, 0.15) is 48.5 Å². The predicted octanol–water partition coefficient (Wildman–Crippen LogP) is -4.69. The number of rotatable bonds is 2. The molecule has 0 amide bonds. The zero-order valence-corrected chi connectivity index (χ0v) is 24.9. The molecule has 2 aromatic rings. The Hall–Kier alpha value is -2.77. The Balaban J connectivity index is 1.08. The molecule has 8 heterocycles. The number of amidine groups is 1. The minimum Gasteiger partial charge on any atom is -0.387 e. The fourth-order valence-corrected chi connectivity index (χ4v) is 8.04. The Kier molecular flexibility index (Phi) is 6.72. The fourth-order valence-electron chi connectivity index (χ4n) is 6.15. The first-order chi connectivity index (χ1) is 21.7. The number of aliphatic hydroxyl groups is 3. The van der Waals surface area contributed by atoms with Crippen LogP contribution in [-0.2, 0) is 36.7 Å². The zero-order valence-electron chi connectivity index (χ0n) is 23.1. The van der Waals surface area contributed by atoms with Crippen molar-refractivity contribution in [2.24, 2.45) is 15.7 Å². The Labute approximate surface area is 256 Å². The summed E-state index contributed by atoms with van der Waals surface area (Å²) in [5.74, 6) is -2.00. The monoisotopic (exact) mass is 691 g/mol. The standard InChI is InChI=1S/C20H27N11O13P2/c21-13-8-14(24-3-23-13)30(4-25-8)15-10(33)11-7(42-15)2-40-46(37,38)44-12-9(32)6(1-39-45(35,36)43-11)41-16(12)31-5-26-19-17(31)27-18(22)28-20(19,34)29-19/h3-4,6-7,9-12,15-16,26,29,32-34H,1-2,5H2,(H2,22,28)(H,35,36)(H,37,38)(H2,21,23,24)/t6-,7-,9-,10-,11-,12-,15-,16-,19-,20+/m1/s1. The molecule has 2 unspecified atom stereocenters. The molecule has 250 valence electrons. The number of hydrogen-bond donors (Lipinski definition) is 9. The molecule has 46 heavy (non-hydrogen) atoms. The van der Waals surface area contributed by atoms with Crippen molar-refractivity contribution >= 4 is 44.4 Å². The number of nitrogens with one attached hydrogen (secondary N) is 2. The summed E-state index contributed by atoms with van der Waals surface area (Å²) in [6.07, 6.45) is -10.0. The molecule has 8 rings (SSSR count). The predicted molar refractivity (Wildman–Crippen MR) is 145 cm³/mol. The molecule has 1 spiro atoms. The van der Waals surface area contributed by atoms with Crippen molar-refractivity contribution < 1.29 is 61.8 Å². The van der Waals surface area contributed by atoms with Gasteiger partial charge in [0.2, 0.25) is 5.96 Å². The maximum atomic E-state index is 13.3. The summed E-state index contributed by atoms with van der Waals surface area (Å²) in [7, 11) is -10.1. The van der Waals surface area contributed by atoms with E-state index in [1.165, 1.54) is 15.8 Å². The Morgan fingerprint density at radius 3 is 2.41 bits per heavy atom. The molecule has 24 nitrogen and oxygen atoms in total. The number of nitrogens with two attached hydrogens (primary N) is 2. The smallest absolute Gasteiger partial charge is 0.387 e. The van der Waals surface area contributed by atoms with Gasteiger partial charge in [-0.2, -0.15) is 9.98 Å². The summed E-state index contributed by atoms with van der Waals surface area (Å²) in [5, 5.41) is 38.7. The highest BCUT2D eigenvalue weighted by Crippen LogP contribution is 2.53. The molecule has 26 heteroatoms. The largest absolute Gasteiger partial charge is 0.472 e. The van der Waals surface area contributed by atoms with Crippen molar-refractivity contribution in [1.29, 1.82) is 0 Å². The van der Waals surface area contributed by atoms with Crippen LogP contribution in [0.15, 0.2) is 22.6 Å². The van der Waals surface area contributed by atoms with Crippen LogP contribution in [0.25, 0.3) is 11.2 Å². The van der Waals surface area contributed by atoms with Crippen molar-refractivity contribution in [3.05, 3.63) is 12.7 Å². The fraction of sp³-hybridized carbons (Fsp3) is 0.650. The van der Waals surface area contributed by atoms with Crippen LogP contribution < -0.4 is 22.1 Å². The van der Waals surface area contributed by atoms with Crippen LogP contribution in [-0.4, -0.2) is 136 Å². The van der Waals surface area contributed by atoms with E-state index in [1.54, 1.807) is 0 Å². The third kappa shape index (κ3) is 4.62. The summed E-state index contributed by atoms with van der Waals surface area (Å²) in [5.41, 5.74) is 10.6. The van der Waals surface area contributed by atoms with E-state index < -0.39 is 89.5 Å². The van der Waals surface area contributed by atoms with Crippen LogP contribution in [0.2, 0.25) is 0 Å². The minimum atomic E-state index is -5.09. The lowest BCUT2D eigenvalue weighted by molar-refractivity contribution is -0.0786. The third-order valence-electron chi connectivity index (χ3n) is 8.35. The van der Waals surface area contributed by atoms with E-state index in [4.69, 9.17) is 39.0 Å². The first kappa shape index (κ1) is 30.6. The number of aromatic nitrogens is 4. The highest BCUT2D eigenvalue weighted by atomic mass is 31.2. The van der Waals surface area contributed by atoms with Gasteiger partial charge in [0.25, 0.3) is 5.85 Å². The summed E-state index contributed by atoms with van der Waals surface area (Å²) in [4.78, 5) is 42.8. The number of hydrogen-bond acceptors (Lipinski definition) is 21. The van der Waals surface area contributed by atoms with Crippen molar-refractivity contribution in [1.82, 2.24) is 35.1 Å². The molecule has 6 aliphatic rings. The van der Waals surface area contributed by atoms with Crippen LogP contribution >= 0.6 is 15.6 Å². The average molecular weight is 691 g/mol. The number of anilines is 1. The molecular weight excluding hydrogens is 664 g/mol. The number of imidazole rings is 1. The summed E-state index contributed by atoms with van der Waals surface area (Å²) in [6, 6.07) is 0. The van der Waals surface area contributed by atoms with Crippen molar-refractivity contribution in [3.63, 3.8) is 0 Å². The highest BCUT2D eigenvalue weighted by Gasteiger charge is 2.77. The van der Waals surface area contributed by atoms with Gasteiger partial charge in [-0.05, 0) is 0 Å². The van der Waals surface area contributed by atoms with Gasteiger partial charge >= 0.3 is 15.6 Å². The molecular formula is C20H27N11O13P2. The second kappa shape index (κ2) is 10.1. The third-order valence-corrected chi connectivity index (χ3v) is 10.3. The molecule has 0 saturated carbocycles. The number of guanidine groups is 1. The van der Waals surface area contributed by atoms with Gasteiger partial charge in [-0.1, -0.05) is 0 Å². The molecule has 5 fully saturated rings. The molecule has 5 saturated heterocycles. The van der Waals surface area contributed by atoms with Gasteiger partial charge in [0.15, 0.2) is 35.4 Å². The summed E-state index contributed by atoms with van der Waals surface area (Å²) < 4.78 is 60.4. The number of phosphoric acid groups is 2. The van der Waals surface area contributed by atoms with Gasteiger partial charge in [0.05, 0.1) is 26.2 Å². The molecule has 0 aromatic carbocycles. The van der Waals surface area contributed by atoms with E-state index in [0.717, 1.165) is 6.33 Å². The Morgan fingerprint density at radius 1 is 0.957 bits per heavy atom. The summed E-state index contributed by atoms with van der Waals surface area (Å²) >= 11 is 0. The second-order valence-electron chi connectivity index (χ2n) is 11.1. The molecule has 11 N–H and O–H groups in total. The van der Waals surface area contributed by atoms with E-state index in [-0.39, 0.29) is 35.4 Å². The van der Waals surface area contributed by atoms with Crippen LogP contribution in [0.4, 0.5) is 5.82 Å². The van der Waals surface area contributed by atoms with Crippen molar-refractivity contribution in [3.8, 4) is 0 Å². The number of nitrogens with zero attached hydrogens (tertiary/aromatic N) is 7. The zero-order chi connectivity index (χ0) is 32.4. The normalized spacial score (nSPS) is 47.2. The maximum Gasteiger partial charge on any atom is 0.472 e. The second-order valence-corrected chi connectivity index (χ2v) is 13.9. The molecule has 2 bridgehead atoms. The van der Waals surface area contributed by atoms with Gasteiger partial charge in [-0.3, -0.25) is 28.0 Å². The number of phosphoric ester groups is 2. The Morgan fingerprint density at radius 2 is 1.65 bits per heavy atom. The maximum absolute atomic E-state index is 13.3. The van der Waals surface area contributed by atoms with E-state index in [1.807, 2.05) is 0 Å². The van der Waals surface area contributed by atoms with Crippen LogP contribution in [0.1, 0.15) is 6.23 Å². The first-order valence-corrected chi connectivity index (χ1v) is 16.6. The lowest BCUT2D eigenvalue weighted by Gasteiger charge is -2.31. The number of nitrogen functional groups attached to an aromatic ring is 1. The first-order valence-electron chi connectivity index (χ1n) is 13.6. The van der Waals surface area contributed by atoms with Gasteiger partial charge in [-0.25, -0.2) is 29.4 Å². The minimum absolute atomic E-state index is 0.0402. The highest BCUT2D eigenvalue weighted by molar-refractivity contribution is 7.47. The lowest BCUT2D eigenvalue weighted by atomic mass is 10.1. The van der Waals surface area contributed by atoms with Crippen LogP contribution in [0.5, 0.6) is 0 Å². The van der Waals surface area contributed by atoms with Gasteiger partial charge < -0.3 is 50.9 Å². The van der Waals surface area contributed by atoms with Crippen LogP contribution in [0.3, 0.4) is 0 Å². The van der Waals surface area contributed by atoms with E-state index in [9.17, 15) is 34.2 Å². The topological polar surface area (TPSA) is 348 Å². The van der Waals surface area contributed by atoms with Crippen molar-refractivity contribution in [2.75, 3.05) is 25.6 Å². The van der Waals surface area contributed by atoms with E-state index in [0.29, 0.717) is 0 Å². The molecule has 2 aromatic heterocycles. The molecule has 12 atom stereocenters. The SMILES string of the molecule is NC1=N[C@]2(O)N[C@@]23NCN([C@@H]2O[C@@H]4COP(=O)(O)O[C@H]5[C@@H](O)[C@H](n6cnc7c(N)ncnc76)O[C@@H]5COP(=O)(O)O[C@@H]2[C@@H]4O)C3=N1. The number of fused-ring (bicyclic) bond motifs is 4. The van der Waals surface area contributed by atoms with Crippen LogP contribution in [0, 0.1) is 0 Å². The van der Waals surface area contributed by atoms with Gasteiger partial charge in [-0.15, -0.1) is 0 Å². The number of aliphatic imine (C=N–C) groups is 2. The molecule has 0 radical (unpaired) electrons. The van der Waals surface area contributed by atoms with E-state index in [2.05, 4.69) is 35.6 Å². The average Bonchev–Trinajstić information content (AvgIpc) is 3.40. The number of ether oxygens (including phenoxy) is 2.